The molecule has 1 unspecified atom stereocenters. The molecule has 1 aromatic heterocycles. The highest BCUT2D eigenvalue weighted by atomic mass is 16.5. The first-order valence-electron chi connectivity index (χ1n) is 7.46. The normalized spacial score (nSPS) is 19.5. The van der Waals surface area contributed by atoms with Crippen LogP contribution in [0.2, 0.25) is 0 Å². The Labute approximate surface area is 126 Å². The highest BCUT2D eigenvalue weighted by Crippen LogP contribution is 2.46. The Morgan fingerprint density at radius 1 is 1.38 bits per heavy atom. The van der Waals surface area contributed by atoms with Crippen molar-refractivity contribution in [3.05, 3.63) is 47.8 Å². The summed E-state index contributed by atoms with van der Waals surface area (Å²) in [5, 5.41) is 8.03. The van der Waals surface area contributed by atoms with E-state index in [-0.39, 0.29) is 5.41 Å². The number of methoxy groups -OCH3 is 1. The molecule has 1 aromatic carbocycles. The number of ether oxygens (including phenoxy) is 1. The van der Waals surface area contributed by atoms with Crippen LogP contribution in [0.5, 0.6) is 0 Å². The molecule has 2 aromatic rings. The number of benzene rings is 1. The van der Waals surface area contributed by atoms with Gasteiger partial charge in [0.05, 0.1) is 31.1 Å². The third-order valence-electron chi connectivity index (χ3n) is 4.26. The number of anilines is 1. The maximum absolute atomic E-state index is 5.09. The fourth-order valence-electron chi connectivity index (χ4n) is 3.18. The Hall–Kier alpha value is -1.81. The van der Waals surface area contributed by atoms with Crippen LogP contribution in [0, 0.1) is 5.41 Å². The highest BCUT2D eigenvalue weighted by molar-refractivity contribution is 5.47. The van der Waals surface area contributed by atoms with E-state index in [0.29, 0.717) is 12.6 Å². The summed E-state index contributed by atoms with van der Waals surface area (Å²) in [4.78, 5) is 0. The van der Waals surface area contributed by atoms with Crippen molar-refractivity contribution in [3.63, 3.8) is 0 Å². The lowest BCUT2D eigenvalue weighted by atomic mass is 9.85. The van der Waals surface area contributed by atoms with Gasteiger partial charge in [0.1, 0.15) is 0 Å². The summed E-state index contributed by atoms with van der Waals surface area (Å²) in [5.74, 6) is 0. The lowest BCUT2D eigenvalue weighted by Gasteiger charge is -2.28. The Morgan fingerprint density at radius 2 is 2.19 bits per heavy atom. The average Bonchev–Trinajstić information content (AvgIpc) is 3.00. The Bertz CT molecular complexity index is 618. The van der Waals surface area contributed by atoms with Gasteiger partial charge in [-0.15, -0.1) is 0 Å². The first-order chi connectivity index (χ1) is 10.1. The molecule has 0 saturated carbocycles. The van der Waals surface area contributed by atoms with E-state index in [0.717, 1.165) is 18.7 Å². The van der Waals surface area contributed by atoms with Crippen LogP contribution < -0.4 is 5.32 Å². The second-order valence-electron chi connectivity index (χ2n) is 6.43. The molecular formula is C17H23N3O. The van der Waals surface area contributed by atoms with Gasteiger partial charge in [-0.25, -0.2) is 0 Å². The first-order valence-corrected chi connectivity index (χ1v) is 7.46. The summed E-state index contributed by atoms with van der Waals surface area (Å²) in [7, 11) is 1.71. The molecule has 3 rings (SSSR count). The lowest BCUT2D eigenvalue weighted by molar-refractivity contribution is 0.183. The fraction of sp³-hybridized carbons (Fsp3) is 0.471. The van der Waals surface area contributed by atoms with E-state index >= 15 is 0 Å². The maximum atomic E-state index is 5.09. The van der Waals surface area contributed by atoms with Crippen LogP contribution in [0.15, 0.2) is 36.7 Å². The number of nitrogens with one attached hydrogen (secondary N) is 1. The molecular weight excluding hydrogens is 262 g/mol. The minimum Gasteiger partial charge on any atom is -0.383 e. The van der Waals surface area contributed by atoms with Crippen LogP contribution in [-0.4, -0.2) is 23.5 Å². The van der Waals surface area contributed by atoms with E-state index in [9.17, 15) is 0 Å². The van der Waals surface area contributed by atoms with Gasteiger partial charge >= 0.3 is 0 Å². The topological polar surface area (TPSA) is 39.1 Å². The molecule has 0 fully saturated rings. The number of hydrogen-bond donors (Lipinski definition) is 1. The van der Waals surface area contributed by atoms with Crippen LogP contribution in [0.25, 0.3) is 0 Å². The predicted octanol–water partition coefficient (Wildman–Crippen LogP) is 3.27. The minimum absolute atomic E-state index is 0.207. The molecule has 1 atom stereocenters. The molecule has 0 saturated heterocycles. The molecule has 4 heteroatoms. The van der Waals surface area contributed by atoms with E-state index in [1.807, 2.05) is 10.9 Å². The Morgan fingerprint density at radius 3 is 3.00 bits per heavy atom. The van der Waals surface area contributed by atoms with Crippen molar-refractivity contribution in [1.29, 1.82) is 0 Å². The molecule has 1 aliphatic carbocycles. The van der Waals surface area contributed by atoms with Gasteiger partial charge in [-0.1, -0.05) is 38.1 Å². The Balaban J connectivity index is 1.79. The number of aromatic nitrogens is 2. The summed E-state index contributed by atoms with van der Waals surface area (Å²) in [6.45, 7) is 6.10. The van der Waals surface area contributed by atoms with Crippen molar-refractivity contribution in [1.82, 2.24) is 9.78 Å². The van der Waals surface area contributed by atoms with Crippen molar-refractivity contribution in [2.75, 3.05) is 19.0 Å². The number of hydrogen-bond acceptors (Lipinski definition) is 3. The van der Waals surface area contributed by atoms with E-state index in [1.54, 1.807) is 7.11 Å². The molecule has 1 N–H and O–H groups in total. The van der Waals surface area contributed by atoms with Gasteiger partial charge < -0.3 is 10.1 Å². The highest BCUT2D eigenvalue weighted by Gasteiger charge is 2.38. The van der Waals surface area contributed by atoms with Crippen molar-refractivity contribution >= 4 is 5.69 Å². The fourth-order valence-corrected chi connectivity index (χ4v) is 3.18. The number of nitrogens with zero attached hydrogens (tertiary/aromatic N) is 2. The van der Waals surface area contributed by atoms with Gasteiger partial charge in [0.15, 0.2) is 0 Å². The summed E-state index contributed by atoms with van der Waals surface area (Å²) >= 11 is 0. The third kappa shape index (κ3) is 2.81. The summed E-state index contributed by atoms with van der Waals surface area (Å²) in [6.07, 6.45) is 5.06. The molecule has 21 heavy (non-hydrogen) atoms. The lowest BCUT2D eigenvalue weighted by Crippen LogP contribution is -2.24. The van der Waals surface area contributed by atoms with Crippen molar-refractivity contribution < 1.29 is 4.74 Å². The maximum Gasteiger partial charge on any atom is 0.0731 e. The molecule has 0 amide bonds. The monoisotopic (exact) mass is 285 g/mol. The summed E-state index contributed by atoms with van der Waals surface area (Å²) < 4.78 is 7.00. The average molecular weight is 285 g/mol. The minimum atomic E-state index is 0.207. The molecule has 1 aliphatic rings. The molecule has 1 heterocycles. The van der Waals surface area contributed by atoms with Crippen LogP contribution in [0.3, 0.4) is 0 Å². The second-order valence-corrected chi connectivity index (χ2v) is 6.43. The molecule has 0 bridgehead atoms. The van der Waals surface area contributed by atoms with Gasteiger partial charge in [-0.2, -0.15) is 5.10 Å². The number of rotatable bonds is 5. The Kier molecular flexibility index (Phi) is 3.72. The molecule has 4 nitrogen and oxygen atoms in total. The zero-order chi connectivity index (χ0) is 14.9. The quantitative estimate of drug-likeness (QED) is 0.916. The smallest absolute Gasteiger partial charge is 0.0731 e. The van der Waals surface area contributed by atoms with Gasteiger partial charge in [0.25, 0.3) is 0 Å². The van der Waals surface area contributed by atoms with Crippen LogP contribution >= 0.6 is 0 Å². The molecule has 0 spiro atoms. The van der Waals surface area contributed by atoms with Crippen molar-refractivity contribution in [2.45, 2.75) is 32.9 Å². The van der Waals surface area contributed by atoms with Crippen molar-refractivity contribution in [2.24, 2.45) is 5.41 Å². The predicted molar refractivity (Wildman–Crippen MR) is 84.4 cm³/mol. The SMILES string of the molecule is COCCn1cc(NC2c3ccccc3CC2(C)C)cn1. The van der Waals surface area contributed by atoms with E-state index in [1.165, 1.54) is 11.1 Å². The molecule has 0 radical (unpaired) electrons. The zero-order valence-corrected chi connectivity index (χ0v) is 13.0. The summed E-state index contributed by atoms with van der Waals surface area (Å²) in [5.41, 5.74) is 4.14. The second kappa shape index (κ2) is 5.53. The van der Waals surface area contributed by atoms with Gasteiger partial charge in [0, 0.05) is 13.3 Å². The summed E-state index contributed by atoms with van der Waals surface area (Å²) in [6, 6.07) is 9.04. The van der Waals surface area contributed by atoms with Gasteiger partial charge in [-0.05, 0) is 23.0 Å². The number of fused-ring (bicyclic) bond motifs is 1. The van der Waals surface area contributed by atoms with E-state index in [4.69, 9.17) is 4.74 Å². The molecule has 0 aliphatic heterocycles. The largest absolute Gasteiger partial charge is 0.383 e. The van der Waals surface area contributed by atoms with E-state index < -0.39 is 0 Å². The van der Waals surface area contributed by atoms with Gasteiger partial charge in [0.2, 0.25) is 0 Å². The van der Waals surface area contributed by atoms with Crippen LogP contribution in [0.4, 0.5) is 5.69 Å². The van der Waals surface area contributed by atoms with Crippen LogP contribution in [-0.2, 0) is 17.7 Å². The molecule has 112 valence electrons. The standard InChI is InChI=1S/C17H23N3O/c1-17(2)10-13-6-4-5-7-15(13)16(17)19-14-11-18-20(12-14)8-9-21-3/h4-7,11-12,16,19H,8-10H2,1-3H3. The van der Waals surface area contributed by atoms with Crippen LogP contribution in [0.1, 0.15) is 31.0 Å². The third-order valence-corrected chi connectivity index (χ3v) is 4.26. The first kappa shape index (κ1) is 14.1. The van der Waals surface area contributed by atoms with E-state index in [2.05, 4.69) is 54.7 Å². The van der Waals surface area contributed by atoms with Crippen molar-refractivity contribution in [3.8, 4) is 0 Å². The van der Waals surface area contributed by atoms with Gasteiger partial charge in [-0.3, -0.25) is 4.68 Å². The zero-order valence-electron chi connectivity index (χ0n) is 13.0.